The standard InChI is InChI=1S/C34H35ClN2O6S/c1-4-6-8-17-43-26-15-12-21(19-27(26)41-3)30-29(31(38)22-10-9-11-24(18-22)42-16-7-5-2)32(39)33(40)37(30)34-36-25-14-13-23(35)20-28(25)44-34/h9-15,18-20,30,38H,4-8,16-17H2,1-3H3/b31-29+. The summed E-state index contributed by atoms with van der Waals surface area (Å²) in [6.07, 6.45) is 4.89. The third-order valence-corrected chi connectivity index (χ3v) is 8.63. The topological polar surface area (TPSA) is 98.2 Å². The van der Waals surface area contributed by atoms with E-state index in [9.17, 15) is 14.7 Å². The number of methoxy groups -OCH3 is 1. The van der Waals surface area contributed by atoms with E-state index in [-0.39, 0.29) is 11.3 Å². The average molecular weight is 635 g/mol. The van der Waals surface area contributed by atoms with Crippen molar-refractivity contribution in [3.8, 4) is 17.2 Å². The summed E-state index contributed by atoms with van der Waals surface area (Å²) in [7, 11) is 1.54. The lowest BCUT2D eigenvalue weighted by Gasteiger charge is -2.24. The molecule has 2 heterocycles. The molecule has 0 bridgehead atoms. The molecule has 44 heavy (non-hydrogen) atoms. The molecule has 1 amide bonds. The van der Waals surface area contributed by atoms with Crippen LogP contribution in [0.15, 0.2) is 66.2 Å². The maximum Gasteiger partial charge on any atom is 0.301 e. The Hall–Kier alpha value is -4.08. The maximum absolute atomic E-state index is 13.7. The minimum Gasteiger partial charge on any atom is -0.507 e. The molecule has 1 fully saturated rings. The van der Waals surface area contributed by atoms with E-state index >= 15 is 0 Å². The minimum atomic E-state index is -0.987. The van der Waals surface area contributed by atoms with Crippen LogP contribution in [0.2, 0.25) is 5.02 Å². The fourth-order valence-electron chi connectivity index (χ4n) is 5.07. The van der Waals surface area contributed by atoms with E-state index in [1.807, 2.05) is 0 Å². The van der Waals surface area contributed by atoms with Crippen LogP contribution in [0.25, 0.3) is 16.0 Å². The molecule has 0 saturated carbocycles. The lowest BCUT2D eigenvalue weighted by Crippen LogP contribution is -2.29. The molecule has 4 aromatic rings. The Balaban J connectivity index is 1.62. The van der Waals surface area contributed by atoms with Gasteiger partial charge in [-0.1, -0.05) is 74.2 Å². The van der Waals surface area contributed by atoms with E-state index in [4.69, 9.17) is 25.8 Å². The monoisotopic (exact) mass is 634 g/mol. The summed E-state index contributed by atoms with van der Waals surface area (Å²) in [6, 6.07) is 16.4. The van der Waals surface area contributed by atoms with Gasteiger partial charge in [0.1, 0.15) is 11.5 Å². The van der Waals surface area contributed by atoms with Crippen LogP contribution in [-0.4, -0.2) is 42.1 Å². The van der Waals surface area contributed by atoms with Crippen LogP contribution in [0.4, 0.5) is 5.13 Å². The zero-order chi connectivity index (χ0) is 31.2. The van der Waals surface area contributed by atoms with E-state index in [1.54, 1.807) is 60.7 Å². The number of aromatic nitrogens is 1. The van der Waals surface area contributed by atoms with Crippen molar-refractivity contribution in [2.45, 2.75) is 52.0 Å². The fraction of sp³-hybridized carbons (Fsp3) is 0.324. The van der Waals surface area contributed by atoms with Crippen LogP contribution in [0, 0.1) is 0 Å². The van der Waals surface area contributed by atoms with Crippen LogP contribution in [0.3, 0.4) is 0 Å². The number of carbonyl (C=O) groups excluding carboxylic acids is 2. The molecule has 1 saturated heterocycles. The van der Waals surface area contributed by atoms with Crippen molar-refractivity contribution in [1.82, 2.24) is 4.98 Å². The van der Waals surface area contributed by atoms with Crippen LogP contribution in [-0.2, 0) is 9.59 Å². The highest BCUT2D eigenvalue weighted by atomic mass is 35.5. The molecule has 0 aliphatic carbocycles. The highest BCUT2D eigenvalue weighted by Gasteiger charge is 2.48. The summed E-state index contributed by atoms with van der Waals surface area (Å²) < 4.78 is 18.2. The van der Waals surface area contributed by atoms with Crippen molar-refractivity contribution in [3.05, 3.63) is 82.4 Å². The van der Waals surface area contributed by atoms with Crippen LogP contribution in [0.5, 0.6) is 17.2 Å². The zero-order valence-electron chi connectivity index (χ0n) is 25.0. The Labute approximate surface area is 265 Å². The molecule has 0 spiro atoms. The first kappa shape index (κ1) is 31.3. The summed E-state index contributed by atoms with van der Waals surface area (Å²) >= 11 is 7.46. The van der Waals surface area contributed by atoms with Crippen molar-refractivity contribution < 1.29 is 28.9 Å². The van der Waals surface area contributed by atoms with Gasteiger partial charge in [0.2, 0.25) is 0 Å². The Morgan fingerprint density at radius 3 is 2.52 bits per heavy atom. The van der Waals surface area contributed by atoms with Gasteiger partial charge in [-0.2, -0.15) is 0 Å². The second-order valence-electron chi connectivity index (χ2n) is 10.5. The minimum absolute atomic E-state index is 0.0586. The molecule has 1 atom stereocenters. The van der Waals surface area contributed by atoms with Crippen molar-refractivity contribution >= 4 is 55.7 Å². The third kappa shape index (κ3) is 6.54. The summed E-state index contributed by atoms with van der Waals surface area (Å²) in [6.45, 7) is 5.26. The summed E-state index contributed by atoms with van der Waals surface area (Å²) in [4.78, 5) is 33.5. The van der Waals surface area contributed by atoms with Gasteiger partial charge in [0.15, 0.2) is 16.6 Å². The van der Waals surface area contributed by atoms with Crippen molar-refractivity contribution in [2.24, 2.45) is 0 Å². The van der Waals surface area contributed by atoms with E-state index in [1.165, 1.54) is 23.3 Å². The number of fused-ring (bicyclic) bond motifs is 1. The van der Waals surface area contributed by atoms with Gasteiger partial charge >= 0.3 is 5.91 Å². The molecule has 0 radical (unpaired) electrons. The normalized spacial score (nSPS) is 16.1. The quantitative estimate of drug-likeness (QED) is 0.0683. The molecule has 1 N–H and O–H groups in total. The largest absolute Gasteiger partial charge is 0.507 e. The van der Waals surface area contributed by atoms with Crippen LogP contribution in [0.1, 0.15) is 63.1 Å². The first-order chi connectivity index (χ1) is 21.4. The van der Waals surface area contributed by atoms with Crippen LogP contribution < -0.4 is 19.1 Å². The number of ketones is 1. The van der Waals surface area contributed by atoms with Gasteiger partial charge in [-0.15, -0.1) is 0 Å². The maximum atomic E-state index is 13.7. The van der Waals surface area contributed by atoms with Gasteiger partial charge in [-0.05, 0) is 60.9 Å². The third-order valence-electron chi connectivity index (χ3n) is 7.37. The predicted molar refractivity (Wildman–Crippen MR) is 174 cm³/mol. The summed E-state index contributed by atoms with van der Waals surface area (Å²) in [5.41, 5.74) is 1.49. The number of benzene rings is 3. The van der Waals surface area contributed by atoms with Crippen molar-refractivity contribution in [1.29, 1.82) is 0 Å². The molecule has 1 aliphatic heterocycles. The average Bonchev–Trinajstić information content (AvgIpc) is 3.56. The van der Waals surface area contributed by atoms with E-state index < -0.39 is 17.7 Å². The van der Waals surface area contributed by atoms with E-state index in [0.717, 1.165) is 36.8 Å². The van der Waals surface area contributed by atoms with Gasteiger partial charge in [-0.25, -0.2) is 4.98 Å². The second kappa shape index (κ2) is 14.1. The number of aliphatic hydroxyl groups excluding tert-OH is 1. The summed E-state index contributed by atoms with van der Waals surface area (Å²) in [5, 5.41) is 12.5. The zero-order valence-corrected chi connectivity index (χ0v) is 26.5. The molecular formula is C34H35ClN2O6S. The lowest BCUT2D eigenvalue weighted by atomic mass is 9.95. The summed E-state index contributed by atoms with van der Waals surface area (Å²) in [5.74, 6) is -0.359. The Bertz CT molecular complexity index is 1700. The number of carbonyl (C=O) groups is 2. The number of halogens is 1. The molecule has 230 valence electrons. The number of hydrogen-bond donors (Lipinski definition) is 1. The fourth-order valence-corrected chi connectivity index (χ4v) is 6.33. The molecule has 1 aliphatic rings. The number of anilines is 1. The first-order valence-corrected chi connectivity index (χ1v) is 16.0. The molecule has 1 unspecified atom stereocenters. The number of unbranched alkanes of at least 4 members (excludes halogenated alkanes) is 3. The van der Waals surface area contributed by atoms with Gasteiger partial charge in [0.25, 0.3) is 5.78 Å². The van der Waals surface area contributed by atoms with E-state index in [0.29, 0.717) is 57.3 Å². The second-order valence-corrected chi connectivity index (χ2v) is 11.9. The Morgan fingerprint density at radius 1 is 0.955 bits per heavy atom. The Morgan fingerprint density at radius 2 is 1.75 bits per heavy atom. The number of ether oxygens (including phenoxy) is 3. The number of nitrogens with zero attached hydrogens (tertiary/aromatic N) is 2. The number of hydrogen-bond acceptors (Lipinski definition) is 8. The molecule has 1 aromatic heterocycles. The Kier molecular flexibility index (Phi) is 10.1. The number of amides is 1. The van der Waals surface area contributed by atoms with Crippen molar-refractivity contribution in [3.63, 3.8) is 0 Å². The molecular weight excluding hydrogens is 600 g/mol. The van der Waals surface area contributed by atoms with Crippen LogP contribution >= 0.6 is 22.9 Å². The SMILES string of the molecule is CCCCCOc1ccc(C2/C(=C(\O)c3cccc(OCCCC)c3)C(=O)C(=O)N2c2nc3ccc(Cl)cc3s2)cc1OC. The van der Waals surface area contributed by atoms with Gasteiger partial charge < -0.3 is 19.3 Å². The number of rotatable bonds is 13. The highest BCUT2D eigenvalue weighted by molar-refractivity contribution is 7.22. The molecule has 3 aromatic carbocycles. The number of Topliss-reactive ketones (excluding diaryl/α,β-unsaturated/α-hetero) is 1. The highest BCUT2D eigenvalue weighted by Crippen LogP contribution is 2.46. The van der Waals surface area contributed by atoms with Gasteiger partial charge in [0, 0.05) is 10.6 Å². The van der Waals surface area contributed by atoms with Crippen molar-refractivity contribution in [2.75, 3.05) is 25.2 Å². The molecule has 8 nitrogen and oxygen atoms in total. The van der Waals surface area contributed by atoms with Gasteiger partial charge in [-0.3, -0.25) is 14.5 Å². The molecule has 10 heteroatoms. The van der Waals surface area contributed by atoms with Gasteiger partial charge in [0.05, 0.1) is 42.2 Å². The number of aliphatic hydroxyl groups is 1. The lowest BCUT2D eigenvalue weighted by molar-refractivity contribution is -0.132. The molecule has 5 rings (SSSR count). The first-order valence-electron chi connectivity index (χ1n) is 14.8. The smallest absolute Gasteiger partial charge is 0.301 e. The van der Waals surface area contributed by atoms with E-state index in [2.05, 4.69) is 18.8 Å². The predicted octanol–water partition coefficient (Wildman–Crippen LogP) is 8.33. The number of thiazole rings is 1.